The summed E-state index contributed by atoms with van der Waals surface area (Å²) < 4.78 is 0. The van der Waals surface area contributed by atoms with Crippen LogP contribution in [0.2, 0.25) is 0 Å². The molecule has 0 saturated heterocycles. The average Bonchev–Trinajstić information content (AvgIpc) is 2.04. The van der Waals surface area contributed by atoms with Gasteiger partial charge in [-0.3, -0.25) is 0 Å². The molecule has 0 radical (unpaired) electrons. The molecule has 0 amide bonds. The van der Waals surface area contributed by atoms with Gasteiger partial charge in [-0.25, -0.2) is 0 Å². The van der Waals surface area contributed by atoms with Crippen molar-refractivity contribution < 1.29 is 5.11 Å². The van der Waals surface area contributed by atoms with E-state index in [9.17, 15) is 5.11 Å². The summed E-state index contributed by atoms with van der Waals surface area (Å²) in [7, 11) is 0. The summed E-state index contributed by atoms with van der Waals surface area (Å²) in [4.78, 5) is 0.813. The highest BCUT2D eigenvalue weighted by atomic mass is 32.1. The van der Waals surface area contributed by atoms with Crippen molar-refractivity contribution in [3.63, 3.8) is 0 Å². The number of para-hydroxylation sites is 1. The molecule has 0 aliphatic carbocycles. The van der Waals surface area contributed by atoms with Crippen molar-refractivity contribution in [2.45, 2.75) is 13.8 Å². The van der Waals surface area contributed by atoms with Crippen molar-refractivity contribution >= 4 is 17.1 Å². The summed E-state index contributed by atoms with van der Waals surface area (Å²) in [6.45, 7) is 4.05. The minimum atomic E-state index is 0.274. The van der Waals surface area contributed by atoms with Crippen LogP contribution in [0.4, 0.5) is 0 Å². The fourth-order valence-electron chi connectivity index (χ4n) is 0.993. The molecular weight excluding hydrogens is 168 g/mol. The summed E-state index contributed by atoms with van der Waals surface area (Å²) in [6.07, 6.45) is 0. The van der Waals surface area contributed by atoms with E-state index in [1.165, 1.54) is 0 Å². The Bertz CT molecular complexity index is 292. The van der Waals surface area contributed by atoms with Gasteiger partial charge in [0.25, 0.3) is 0 Å². The number of thiocarbonyl (C=S) groups is 1. The first kappa shape index (κ1) is 9.20. The normalized spacial score (nSPS) is 10.2. The van der Waals surface area contributed by atoms with E-state index in [0.29, 0.717) is 5.92 Å². The lowest BCUT2D eigenvalue weighted by Gasteiger charge is -2.08. The molecule has 0 spiro atoms. The zero-order valence-corrected chi connectivity index (χ0v) is 8.06. The molecule has 0 atom stereocenters. The predicted octanol–water partition coefficient (Wildman–Crippen LogP) is 2.77. The van der Waals surface area contributed by atoms with E-state index in [1.807, 2.05) is 26.0 Å². The van der Waals surface area contributed by atoms with E-state index in [2.05, 4.69) is 0 Å². The van der Waals surface area contributed by atoms with Gasteiger partial charge in [0.2, 0.25) is 0 Å². The van der Waals surface area contributed by atoms with Crippen molar-refractivity contribution in [2.24, 2.45) is 5.92 Å². The van der Waals surface area contributed by atoms with Gasteiger partial charge in [-0.05, 0) is 12.0 Å². The maximum Gasteiger partial charge on any atom is 0.123 e. The van der Waals surface area contributed by atoms with Crippen LogP contribution in [0.5, 0.6) is 5.75 Å². The number of rotatable bonds is 2. The Hall–Kier alpha value is -0.890. The first-order valence-corrected chi connectivity index (χ1v) is 4.36. The number of hydrogen-bond donors (Lipinski definition) is 1. The van der Waals surface area contributed by atoms with Crippen molar-refractivity contribution in [1.82, 2.24) is 0 Å². The van der Waals surface area contributed by atoms with Gasteiger partial charge >= 0.3 is 0 Å². The van der Waals surface area contributed by atoms with Crippen LogP contribution in [0.1, 0.15) is 19.4 Å². The summed E-state index contributed by atoms with van der Waals surface area (Å²) in [5.74, 6) is 0.574. The fourth-order valence-corrected chi connectivity index (χ4v) is 1.17. The Balaban J connectivity index is 3.03. The van der Waals surface area contributed by atoms with Gasteiger partial charge in [-0.15, -0.1) is 0 Å². The minimum Gasteiger partial charge on any atom is -0.507 e. The third-order valence-electron chi connectivity index (χ3n) is 1.69. The Morgan fingerprint density at radius 1 is 1.33 bits per heavy atom. The van der Waals surface area contributed by atoms with Crippen molar-refractivity contribution in [1.29, 1.82) is 0 Å². The Kier molecular flexibility index (Phi) is 2.82. The van der Waals surface area contributed by atoms with Gasteiger partial charge in [-0.2, -0.15) is 0 Å². The van der Waals surface area contributed by atoms with Gasteiger partial charge in [-0.1, -0.05) is 44.3 Å². The van der Waals surface area contributed by atoms with Gasteiger partial charge < -0.3 is 5.11 Å². The molecule has 64 valence electrons. The quantitative estimate of drug-likeness (QED) is 0.558. The fraction of sp³-hybridized carbons (Fsp3) is 0.300. The van der Waals surface area contributed by atoms with E-state index >= 15 is 0 Å². The topological polar surface area (TPSA) is 20.2 Å². The summed E-state index contributed by atoms with van der Waals surface area (Å²) >= 11 is 5.17. The monoisotopic (exact) mass is 180 g/mol. The lowest BCUT2D eigenvalue weighted by Crippen LogP contribution is -2.05. The Labute approximate surface area is 78.0 Å². The third kappa shape index (κ3) is 1.83. The summed E-state index contributed by atoms with van der Waals surface area (Å²) in [5.41, 5.74) is 0.780. The third-order valence-corrected chi connectivity index (χ3v) is 2.39. The van der Waals surface area contributed by atoms with Gasteiger partial charge in [0.1, 0.15) is 5.75 Å². The molecule has 0 saturated carbocycles. The molecule has 0 aromatic heterocycles. The minimum absolute atomic E-state index is 0.274. The molecule has 0 fully saturated rings. The number of aromatic hydroxyl groups is 1. The Morgan fingerprint density at radius 2 is 1.92 bits per heavy atom. The van der Waals surface area contributed by atoms with Gasteiger partial charge in [0.15, 0.2) is 0 Å². The number of phenols is 1. The molecule has 0 aliphatic heterocycles. The van der Waals surface area contributed by atoms with E-state index in [-0.39, 0.29) is 5.75 Å². The molecule has 1 rings (SSSR count). The molecule has 0 unspecified atom stereocenters. The molecular formula is C10H12OS. The molecule has 1 nitrogen and oxygen atoms in total. The number of benzene rings is 1. The zero-order valence-electron chi connectivity index (χ0n) is 7.24. The summed E-state index contributed by atoms with van der Waals surface area (Å²) in [5, 5.41) is 9.44. The van der Waals surface area contributed by atoms with E-state index < -0.39 is 0 Å². The van der Waals surface area contributed by atoms with Gasteiger partial charge in [0, 0.05) is 10.4 Å². The highest BCUT2D eigenvalue weighted by Crippen LogP contribution is 2.20. The lowest BCUT2D eigenvalue weighted by molar-refractivity contribution is 0.474. The van der Waals surface area contributed by atoms with Crippen LogP contribution in [-0.2, 0) is 0 Å². The average molecular weight is 180 g/mol. The largest absolute Gasteiger partial charge is 0.507 e. The second-order valence-corrected chi connectivity index (χ2v) is 3.48. The summed E-state index contributed by atoms with van der Waals surface area (Å²) in [6, 6.07) is 7.17. The second-order valence-electron chi connectivity index (χ2n) is 3.04. The maximum atomic E-state index is 9.44. The maximum absolute atomic E-state index is 9.44. The molecule has 1 aromatic rings. The highest BCUT2D eigenvalue weighted by molar-refractivity contribution is 7.80. The number of phenolic OH excluding ortho intramolecular Hbond substituents is 1. The van der Waals surface area contributed by atoms with Gasteiger partial charge in [0.05, 0.1) is 0 Å². The van der Waals surface area contributed by atoms with Crippen molar-refractivity contribution in [3.05, 3.63) is 29.8 Å². The van der Waals surface area contributed by atoms with E-state index in [0.717, 1.165) is 10.4 Å². The van der Waals surface area contributed by atoms with E-state index in [1.54, 1.807) is 12.1 Å². The Morgan fingerprint density at radius 3 is 2.42 bits per heavy atom. The molecule has 12 heavy (non-hydrogen) atoms. The predicted molar refractivity (Wildman–Crippen MR) is 54.6 cm³/mol. The SMILES string of the molecule is CC(C)C(=S)c1ccccc1O. The molecule has 1 aromatic carbocycles. The molecule has 2 heteroatoms. The first-order valence-electron chi connectivity index (χ1n) is 3.95. The van der Waals surface area contributed by atoms with E-state index in [4.69, 9.17) is 12.2 Å². The van der Waals surface area contributed by atoms with Crippen LogP contribution >= 0.6 is 12.2 Å². The van der Waals surface area contributed by atoms with Crippen molar-refractivity contribution in [3.8, 4) is 5.75 Å². The molecule has 0 bridgehead atoms. The van der Waals surface area contributed by atoms with Crippen LogP contribution < -0.4 is 0 Å². The molecule has 0 aliphatic rings. The second kappa shape index (κ2) is 3.68. The zero-order chi connectivity index (χ0) is 9.14. The van der Waals surface area contributed by atoms with Crippen molar-refractivity contribution in [2.75, 3.05) is 0 Å². The molecule has 1 N–H and O–H groups in total. The smallest absolute Gasteiger partial charge is 0.123 e. The van der Waals surface area contributed by atoms with Crippen LogP contribution in [0.15, 0.2) is 24.3 Å². The highest BCUT2D eigenvalue weighted by Gasteiger charge is 2.08. The van der Waals surface area contributed by atoms with Crippen LogP contribution in [-0.4, -0.2) is 9.97 Å². The van der Waals surface area contributed by atoms with Crippen LogP contribution in [0.25, 0.3) is 0 Å². The number of hydrogen-bond acceptors (Lipinski definition) is 2. The lowest BCUT2D eigenvalue weighted by atomic mass is 10.0. The first-order chi connectivity index (χ1) is 5.63. The van der Waals surface area contributed by atoms with Crippen LogP contribution in [0.3, 0.4) is 0 Å². The standard InChI is InChI=1S/C10H12OS/c1-7(2)10(12)8-5-3-4-6-9(8)11/h3-7,11H,1-2H3. The van der Waals surface area contributed by atoms with Crippen LogP contribution in [0, 0.1) is 5.92 Å². The molecule has 0 heterocycles.